The summed E-state index contributed by atoms with van der Waals surface area (Å²) in [7, 11) is -1.39. The number of thiophene rings is 1. The normalized spacial score (nSPS) is 21.1. The van der Waals surface area contributed by atoms with Gasteiger partial charge in [0.1, 0.15) is 4.21 Å². The van der Waals surface area contributed by atoms with Gasteiger partial charge in [0.2, 0.25) is 0 Å². The summed E-state index contributed by atoms with van der Waals surface area (Å²) in [6.07, 6.45) is 2.86. The third kappa shape index (κ3) is 3.70. The first kappa shape index (κ1) is 16.9. The highest BCUT2D eigenvalue weighted by Crippen LogP contribution is 2.27. The number of rotatable bonds is 4. The summed E-state index contributed by atoms with van der Waals surface area (Å²) in [5.41, 5.74) is 0. The molecule has 4 nitrogen and oxygen atoms in total. The van der Waals surface area contributed by atoms with Gasteiger partial charge in [0.15, 0.2) is 0 Å². The minimum absolute atomic E-state index is 0. The first-order valence-electron chi connectivity index (χ1n) is 6.34. The van der Waals surface area contributed by atoms with Crippen molar-refractivity contribution in [3.63, 3.8) is 0 Å². The van der Waals surface area contributed by atoms with Crippen LogP contribution in [-0.2, 0) is 16.4 Å². The fraction of sp³-hybridized carbons (Fsp3) is 0.667. The predicted octanol–water partition coefficient (Wildman–Crippen LogP) is 2.10. The van der Waals surface area contributed by atoms with Crippen molar-refractivity contribution < 1.29 is 8.42 Å². The standard InChI is InChI=1S/C12H20N2O2S2.ClH/c1-3-11-6-7-12(17-11)18(15,16)14-8-4-5-10(9-14)13-2;/h6-7,10,13H,3-5,8-9H2,1-2H3;1H. The van der Waals surface area contributed by atoms with E-state index in [1.165, 1.54) is 11.3 Å². The number of sulfonamides is 1. The van der Waals surface area contributed by atoms with Crippen molar-refractivity contribution in [2.75, 3.05) is 20.1 Å². The van der Waals surface area contributed by atoms with Gasteiger partial charge in [-0.25, -0.2) is 8.42 Å². The lowest BCUT2D eigenvalue weighted by Crippen LogP contribution is -2.46. The second-order valence-electron chi connectivity index (χ2n) is 4.57. The molecule has 2 rings (SSSR count). The van der Waals surface area contributed by atoms with Crippen LogP contribution < -0.4 is 5.32 Å². The van der Waals surface area contributed by atoms with Gasteiger partial charge in [0.25, 0.3) is 10.0 Å². The Hall–Kier alpha value is -0.140. The topological polar surface area (TPSA) is 49.4 Å². The van der Waals surface area contributed by atoms with Crippen molar-refractivity contribution in [1.82, 2.24) is 9.62 Å². The maximum atomic E-state index is 12.5. The van der Waals surface area contributed by atoms with Gasteiger partial charge in [-0.05, 0) is 38.4 Å². The zero-order valence-corrected chi connectivity index (χ0v) is 13.7. The molecule has 0 bridgehead atoms. The van der Waals surface area contributed by atoms with Crippen LogP contribution in [0.2, 0.25) is 0 Å². The first-order valence-corrected chi connectivity index (χ1v) is 8.59. The van der Waals surface area contributed by atoms with Gasteiger partial charge >= 0.3 is 0 Å². The van der Waals surface area contributed by atoms with Crippen LogP contribution >= 0.6 is 23.7 Å². The van der Waals surface area contributed by atoms with E-state index in [9.17, 15) is 8.42 Å². The lowest BCUT2D eigenvalue weighted by atomic mass is 10.1. The van der Waals surface area contributed by atoms with Gasteiger partial charge in [-0.15, -0.1) is 23.7 Å². The van der Waals surface area contributed by atoms with E-state index in [-0.39, 0.29) is 18.4 Å². The van der Waals surface area contributed by atoms with E-state index < -0.39 is 10.0 Å². The maximum Gasteiger partial charge on any atom is 0.252 e. The molecule has 1 aliphatic rings. The van der Waals surface area contributed by atoms with E-state index >= 15 is 0 Å². The number of likely N-dealkylation sites (N-methyl/N-ethyl adjacent to an activating group) is 1. The Morgan fingerprint density at radius 1 is 1.47 bits per heavy atom. The minimum atomic E-state index is -3.28. The van der Waals surface area contributed by atoms with Crippen molar-refractivity contribution >= 4 is 33.8 Å². The SMILES string of the molecule is CCc1ccc(S(=O)(=O)N2CCCC(NC)C2)s1.Cl. The van der Waals surface area contributed by atoms with Crippen LogP contribution in [0.15, 0.2) is 16.3 Å². The van der Waals surface area contributed by atoms with E-state index in [4.69, 9.17) is 0 Å². The van der Waals surface area contributed by atoms with E-state index in [1.54, 1.807) is 10.4 Å². The predicted molar refractivity (Wildman–Crippen MR) is 81.8 cm³/mol. The summed E-state index contributed by atoms with van der Waals surface area (Å²) in [6, 6.07) is 3.93. The van der Waals surface area contributed by atoms with Gasteiger partial charge in [-0.1, -0.05) is 6.92 Å². The number of hydrogen-bond donors (Lipinski definition) is 1. The summed E-state index contributed by atoms with van der Waals surface area (Å²) < 4.78 is 27.1. The molecule has 1 unspecified atom stereocenters. The molecule has 1 aromatic rings. The average molecular weight is 325 g/mol. The molecular weight excluding hydrogens is 304 g/mol. The molecule has 19 heavy (non-hydrogen) atoms. The Bertz CT molecular complexity index is 502. The molecule has 110 valence electrons. The van der Waals surface area contributed by atoms with Crippen molar-refractivity contribution in [1.29, 1.82) is 0 Å². The van der Waals surface area contributed by atoms with E-state index in [0.717, 1.165) is 24.1 Å². The molecule has 1 atom stereocenters. The van der Waals surface area contributed by atoms with Crippen LogP contribution in [0, 0.1) is 0 Å². The third-order valence-electron chi connectivity index (χ3n) is 3.37. The summed E-state index contributed by atoms with van der Waals surface area (Å²) in [6.45, 7) is 3.26. The van der Waals surface area contributed by atoms with Crippen molar-refractivity contribution in [2.24, 2.45) is 0 Å². The Balaban J connectivity index is 0.00000180. The molecular formula is C12H21ClN2O2S2. The zero-order valence-electron chi connectivity index (χ0n) is 11.3. The van der Waals surface area contributed by atoms with Crippen LogP contribution in [0.4, 0.5) is 0 Å². The first-order chi connectivity index (χ1) is 8.57. The van der Waals surface area contributed by atoms with Crippen LogP contribution in [0.5, 0.6) is 0 Å². The molecule has 1 aliphatic heterocycles. The molecule has 7 heteroatoms. The molecule has 0 aliphatic carbocycles. The van der Waals surface area contributed by atoms with Crippen molar-refractivity contribution in [3.8, 4) is 0 Å². The average Bonchev–Trinajstić information content (AvgIpc) is 2.88. The molecule has 0 aromatic carbocycles. The van der Waals surface area contributed by atoms with E-state index in [1.807, 2.05) is 20.0 Å². The number of hydrogen-bond acceptors (Lipinski definition) is 4. The van der Waals surface area contributed by atoms with Crippen LogP contribution in [0.25, 0.3) is 0 Å². The molecule has 2 heterocycles. The van der Waals surface area contributed by atoms with Gasteiger partial charge < -0.3 is 5.32 Å². The molecule has 0 amide bonds. The molecule has 1 N–H and O–H groups in total. The molecule has 1 saturated heterocycles. The van der Waals surface area contributed by atoms with Gasteiger partial charge in [0.05, 0.1) is 0 Å². The Labute approximate surface area is 125 Å². The molecule has 1 aromatic heterocycles. The second-order valence-corrected chi connectivity index (χ2v) is 7.90. The second kappa shape index (κ2) is 7.04. The Morgan fingerprint density at radius 3 is 2.79 bits per heavy atom. The number of piperidine rings is 1. The third-order valence-corrected chi connectivity index (χ3v) is 6.93. The summed E-state index contributed by atoms with van der Waals surface area (Å²) in [5.74, 6) is 0. The number of halogens is 1. The molecule has 0 spiro atoms. The highest BCUT2D eigenvalue weighted by Gasteiger charge is 2.30. The lowest BCUT2D eigenvalue weighted by Gasteiger charge is -2.31. The van der Waals surface area contributed by atoms with Crippen LogP contribution in [0.3, 0.4) is 0 Å². The van der Waals surface area contributed by atoms with Crippen LogP contribution in [0.1, 0.15) is 24.6 Å². The number of nitrogens with one attached hydrogen (secondary N) is 1. The number of aryl methyl sites for hydroxylation is 1. The van der Waals surface area contributed by atoms with Crippen molar-refractivity contribution in [3.05, 3.63) is 17.0 Å². The molecule has 0 radical (unpaired) electrons. The Morgan fingerprint density at radius 2 is 2.21 bits per heavy atom. The van der Waals surface area contributed by atoms with Crippen LogP contribution in [-0.4, -0.2) is 38.9 Å². The van der Waals surface area contributed by atoms with Gasteiger partial charge in [-0.3, -0.25) is 0 Å². The lowest BCUT2D eigenvalue weighted by molar-refractivity contribution is 0.293. The smallest absolute Gasteiger partial charge is 0.252 e. The van der Waals surface area contributed by atoms with Gasteiger partial charge in [-0.2, -0.15) is 4.31 Å². The number of nitrogens with zero attached hydrogens (tertiary/aromatic N) is 1. The summed E-state index contributed by atoms with van der Waals surface area (Å²) in [5, 5.41) is 3.17. The van der Waals surface area contributed by atoms with E-state index in [2.05, 4.69) is 5.32 Å². The maximum absolute atomic E-state index is 12.5. The monoisotopic (exact) mass is 324 g/mol. The molecule has 1 fully saturated rings. The van der Waals surface area contributed by atoms with E-state index in [0.29, 0.717) is 17.3 Å². The quantitative estimate of drug-likeness (QED) is 0.922. The highest BCUT2D eigenvalue weighted by molar-refractivity contribution is 7.91. The highest BCUT2D eigenvalue weighted by atomic mass is 35.5. The zero-order chi connectivity index (χ0) is 13.2. The fourth-order valence-corrected chi connectivity index (χ4v) is 5.18. The largest absolute Gasteiger partial charge is 0.316 e. The molecule has 0 saturated carbocycles. The van der Waals surface area contributed by atoms with Gasteiger partial charge in [0, 0.05) is 24.0 Å². The minimum Gasteiger partial charge on any atom is -0.316 e. The summed E-state index contributed by atoms with van der Waals surface area (Å²) in [4.78, 5) is 1.12. The van der Waals surface area contributed by atoms with Crippen molar-refractivity contribution in [2.45, 2.75) is 36.4 Å². The Kier molecular flexibility index (Phi) is 6.26. The fourth-order valence-electron chi connectivity index (χ4n) is 2.21. The summed E-state index contributed by atoms with van der Waals surface area (Å²) >= 11 is 1.39.